The summed E-state index contributed by atoms with van der Waals surface area (Å²) >= 11 is 0. The third-order valence-corrected chi connectivity index (χ3v) is 3.26. The van der Waals surface area contributed by atoms with Crippen LogP contribution >= 0.6 is 0 Å². The second-order valence-corrected chi connectivity index (χ2v) is 4.49. The van der Waals surface area contributed by atoms with E-state index in [2.05, 4.69) is 0 Å². The molecule has 0 aliphatic carbocycles. The van der Waals surface area contributed by atoms with Gasteiger partial charge in [0.15, 0.2) is 0 Å². The molecule has 0 aromatic rings. The average molecular weight is 245 g/mol. The summed E-state index contributed by atoms with van der Waals surface area (Å²) in [5, 5.41) is 9.63. The lowest BCUT2D eigenvalue weighted by Crippen LogP contribution is -2.43. The summed E-state index contributed by atoms with van der Waals surface area (Å²) in [5.41, 5.74) is 0. The molecular weight excluding hydrogens is 226 g/mol. The van der Waals surface area contributed by atoms with Gasteiger partial charge in [-0.1, -0.05) is 0 Å². The van der Waals surface area contributed by atoms with E-state index in [1.54, 1.807) is 0 Å². The van der Waals surface area contributed by atoms with Crippen molar-refractivity contribution in [2.75, 3.05) is 33.6 Å². The highest BCUT2D eigenvalue weighted by atomic mass is 16.7. The molecule has 0 aromatic heterocycles. The number of hydrogen-bond acceptors (Lipinski definition) is 6. The first-order valence-corrected chi connectivity index (χ1v) is 5.90. The minimum absolute atomic E-state index is 0.0706. The molecule has 17 heavy (non-hydrogen) atoms. The molecule has 0 spiro atoms. The second kappa shape index (κ2) is 5.77. The molecule has 2 aliphatic rings. The van der Waals surface area contributed by atoms with Gasteiger partial charge in [0.2, 0.25) is 0 Å². The molecule has 6 nitrogen and oxygen atoms in total. The number of aliphatic hydroxyl groups is 1. The van der Waals surface area contributed by atoms with Gasteiger partial charge in [-0.25, -0.2) is 0 Å². The summed E-state index contributed by atoms with van der Waals surface area (Å²) in [6.45, 7) is 2.13. The second-order valence-electron chi connectivity index (χ2n) is 4.49. The number of rotatable bonds is 3. The fraction of sp³-hybridized carbons (Fsp3) is 0.909. The lowest BCUT2D eigenvalue weighted by Gasteiger charge is -2.29. The molecule has 0 saturated carbocycles. The smallest absolute Gasteiger partial charge is 0.323 e. The Bertz CT molecular complexity index is 267. The van der Waals surface area contributed by atoms with Gasteiger partial charge in [0.1, 0.15) is 12.8 Å². The van der Waals surface area contributed by atoms with Gasteiger partial charge >= 0.3 is 5.97 Å². The number of carbonyl (C=O) groups excluding carboxylic acids is 1. The van der Waals surface area contributed by atoms with Gasteiger partial charge in [-0.3, -0.25) is 9.69 Å². The topological polar surface area (TPSA) is 68.2 Å². The van der Waals surface area contributed by atoms with Crippen molar-refractivity contribution in [3.05, 3.63) is 0 Å². The number of ether oxygens (including phenoxy) is 3. The number of esters is 1. The zero-order valence-corrected chi connectivity index (χ0v) is 10.0. The fourth-order valence-electron chi connectivity index (χ4n) is 2.37. The quantitative estimate of drug-likeness (QED) is 0.667. The molecule has 0 radical (unpaired) electrons. The molecule has 0 bridgehead atoms. The van der Waals surface area contributed by atoms with E-state index in [0.717, 1.165) is 6.42 Å². The Morgan fingerprint density at radius 3 is 3.06 bits per heavy atom. The molecule has 0 amide bonds. The maximum Gasteiger partial charge on any atom is 0.323 e. The van der Waals surface area contributed by atoms with Crippen LogP contribution in [0.3, 0.4) is 0 Å². The van der Waals surface area contributed by atoms with Crippen LogP contribution in [-0.2, 0) is 19.0 Å². The molecule has 2 saturated heterocycles. The predicted octanol–water partition coefficient (Wildman–Crippen LogP) is -0.642. The summed E-state index contributed by atoms with van der Waals surface area (Å²) in [5.74, 6) is -0.284. The molecule has 6 heteroatoms. The molecule has 3 unspecified atom stereocenters. The summed E-state index contributed by atoms with van der Waals surface area (Å²) in [7, 11) is 1.37. The van der Waals surface area contributed by atoms with Gasteiger partial charge in [-0.05, 0) is 6.42 Å². The highest BCUT2D eigenvalue weighted by molar-refractivity contribution is 5.76. The lowest BCUT2D eigenvalue weighted by atomic mass is 10.2. The van der Waals surface area contributed by atoms with Crippen LogP contribution in [0.1, 0.15) is 12.8 Å². The average Bonchev–Trinajstić information content (AvgIpc) is 2.70. The van der Waals surface area contributed by atoms with Crippen LogP contribution in [0.2, 0.25) is 0 Å². The van der Waals surface area contributed by atoms with E-state index in [9.17, 15) is 9.90 Å². The van der Waals surface area contributed by atoms with Crippen molar-refractivity contribution in [2.24, 2.45) is 0 Å². The number of aliphatic hydroxyl groups excluding tert-OH is 1. The zero-order chi connectivity index (χ0) is 12.3. The van der Waals surface area contributed by atoms with Crippen molar-refractivity contribution in [3.63, 3.8) is 0 Å². The Kier molecular flexibility index (Phi) is 4.33. The van der Waals surface area contributed by atoms with Crippen LogP contribution in [0.4, 0.5) is 0 Å². The third-order valence-electron chi connectivity index (χ3n) is 3.26. The van der Waals surface area contributed by atoms with Crippen LogP contribution < -0.4 is 0 Å². The number of carbonyl (C=O) groups is 1. The molecule has 2 heterocycles. The molecular formula is C11H19NO5. The van der Waals surface area contributed by atoms with Crippen LogP contribution in [0.5, 0.6) is 0 Å². The Labute approximate surface area is 100 Å². The van der Waals surface area contributed by atoms with Crippen molar-refractivity contribution < 1.29 is 24.1 Å². The van der Waals surface area contributed by atoms with Crippen molar-refractivity contribution in [3.8, 4) is 0 Å². The van der Waals surface area contributed by atoms with Crippen molar-refractivity contribution >= 4 is 5.97 Å². The molecule has 98 valence electrons. The van der Waals surface area contributed by atoms with E-state index in [0.29, 0.717) is 32.9 Å². The maximum absolute atomic E-state index is 11.6. The highest BCUT2D eigenvalue weighted by Crippen LogP contribution is 2.21. The van der Waals surface area contributed by atoms with Crippen LogP contribution in [-0.4, -0.2) is 67.8 Å². The standard InChI is InChI=1S/C11H19NO5/c1-15-11(14)10-4-8(13)5-12(10)6-9-2-3-16-7-17-9/h8-10,13H,2-7H2,1H3. The Hall–Kier alpha value is -0.690. The summed E-state index contributed by atoms with van der Waals surface area (Å²) in [6.07, 6.45) is 0.872. The highest BCUT2D eigenvalue weighted by Gasteiger charge is 2.38. The predicted molar refractivity (Wildman–Crippen MR) is 58.3 cm³/mol. The van der Waals surface area contributed by atoms with Gasteiger partial charge in [-0.15, -0.1) is 0 Å². The largest absolute Gasteiger partial charge is 0.468 e. The Morgan fingerprint density at radius 2 is 2.41 bits per heavy atom. The van der Waals surface area contributed by atoms with E-state index in [1.165, 1.54) is 7.11 Å². The number of β-amino-alcohol motifs (C(OH)–C–C–N with tert-alkyl or cyclic N) is 1. The van der Waals surface area contributed by atoms with Crippen LogP contribution in [0, 0.1) is 0 Å². The lowest BCUT2D eigenvalue weighted by molar-refractivity contribution is -0.154. The van der Waals surface area contributed by atoms with E-state index in [1.807, 2.05) is 4.90 Å². The normalized spacial score (nSPS) is 34.8. The molecule has 2 aliphatic heterocycles. The van der Waals surface area contributed by atoms with E-state index in [-0.39, 0.29) is 18.1 Å². The number of nitrogens with zero attached hydrogens (tertiary/aromatic N) is 1. The minimum atomic E-state index is -0.459. The SMILES string of the molecule is COC(=O)C1CC(O)CN1CC1CCOCO1. The number of methoxy groups -OCH3 is 1. The molecule has 2 rings (SSSR count). The van der Waals surface area contributed by atoms with E-state index >= 15 is 0 Å². The Balaban J connectivity index is 1.90. The Morgan fingerprint density at radius 1 is 1.59 bits per heavy atom. The summed E-state index contributed by atoms with van der Waals surface area (Å²) in [6, 6.07) is -0.346. The first-order valence-electron chi connectivity index (χ1n) is 5.90. The van der Waals surface area contributed by atoms with Crippen LogP contribution in [0.15, 0.2) is 0 Å². The maximum atomic E-state index is 11.6. The fourth-order valence-corrected chi connectivity index (χ4v) is 2.37. The van der Waals surface area contributed by atoms with E-state index in [4.69, 9.17) is 14.2 Å². The number of hydrogen-bond donors (Lipinski definition) is 1. The third kappa shape index (κ3) is 3.16. The summed E-state index contributed by atoms with van der Waals surface area (Å²) < 4.78 is 15.3. The van der Waals surface area contributed by atoms with Gasteiger partial charge in [0, 0.05) is 19.5 Å². The molecule has 2 fully saturated rings. The summed E-state index contributed by atoms with van der Waals surface area (Å²) in [4.78, 5) is 13.5. The van der Waals surface area contributed by atoms with Crippen molar-refractivity contribution in [2.45, 2.75) is 31.1 Å². The monoisotopic (exact) mass is 245 g/mol. The number of likely N-dealkylation sites (tertiary alicyclic amines) is 1. The first kappa shape index (κ1) is 12.8. The van der Waals surface area contributed by atoms with Gasteiger partial charge < -0.3 is 19.3 Å². The van der Waals surface area contributed by atoms with E-state index < -0.39 is 6.10 Å². The van der Waals surface area contributed by atoms with Gasteiger partial charge in [-0.2, -0.15) is 0 Å². The van der Waals surface area contributed by atoms with Gasteiger partial charge in [0.25, 0.3) is 0 Å². The van der Waals surface area contributed by atoms with Crippen molar-refractivity contribution in [1.29, 1.82) is 0 Å². The molecule has 1 N–H and O–H groups in total. The zero-order valence-electron chi connectivity index (χ0n) is 10.0. The van der Waals surface area contributed by atoms with Gasteiger partial charge in [0.05, 0.1) is 25.9 Å². The first-order chi connectivity index (χ1) is 8.20. The van der Waals surface area contributed by atoms with Crippen LogP contribution in [0.25, 0.3) is 0 Å². The molecule has 3 atom stereocenters. The minimum Gasteiger partial charge on any atom is -0.468 e. The molecule has 0 aromatic carbocycles. The van der Waals surface area contributed by atoms with Crippen molar-refractivity contribution in [1.82, 2.24) is 4.90 Å².